The molecule has 0 fully saturated rings. The number of nitriles is 1. The van der Waals surface area contributed by atoms with Crippen LogP contribution in [0.15, 0.2) is 133 Å². The highest BCUT2D eigenvalue weighted by molar-refractivity contribution is 6.15. The van der Waals surface area contributed by atoms with Gasteiger partial charge in [0.2, 0.25) is 0 Å². The molecule has 0 unspecified atom stereocenters. The summed E-state index contributed by atoms with van der Waals surface area (Å²) in [6.45, 7) is 7.58. The van der Waals surface area contributed by atoms with Crippen LogP contribution in [0.3, 0.4) is 0 Å². The highest BCUT2D eigenvalue weighted by Gasteiger charge is 2.21. The van der Waals surface area contributed by atoms with Crippen LogP contribution >= 0.6 is 0 Å². The summed E-state index contributed by atoms with van der Waals surface area (Å²) in [7, 11) is 0. The lowest BCUT2D eigenvalue weighted by molar-refractivity contribution is 1.13. The van der Waals surface area contributed by atoms with Gasteiger partial charge in [0.15, 0.2) is 5.69 Å². The molecule has 0 aliphatic rings. The van der Waals surface area contributed by atoms with E-state index >= 15 is 0 Å². The first-order chi connectivity index (χ1) is 20.8. The number of hydrogen-bond acceptors (Lipinski definition) is 1. The third-order valence-corrected chi connectivity index (χ3v) is 8.15. The molecule has 6 aromatic carbocycles. The van der Waals surface area contributed by atoms with Crippen LogP contribution in [0.4, 0.5) is 5.69 Å². The van der Waals surface area contributed by atoms with Crippen LogP contribution in [0.25, 0.3) is 71.0 Å². The number of hydrogen-bond donors (Lipinski definition) is 0. The minimum absolute atomic E-state index is 0.618. The van der Waals surface area contributed by atoms with Gasteiger partial charge >= 0.3 is 0 Å². The molecule has 0 bridgehead atoms. The van der Waals surface area contributed by atoms with E-state index < -0.39 is 0 Å². The van der Waals surface area contributed by atoms with Crippen LogP contribution in [-0.2, 0) is 0 Å². The molecule has 8 aromatic rings. The zero-order chi connectivity index (χ0) is 28.2. The maximum absolute atomic E-state index is 9.65. The largest absolute Gasteiger partial charge is 0.307 e. The van der Waals surface area contributed by atoms with Crippen LogP contribution in [0.5, 0.6) is 0 Å². The molecule has 0 saturated heterocycles. The van der Waals surface area contributed by atoms with Crippen molar-refractivity contribution in [2.75, 3.05) is 0 Å². The van der Waals surface area contributed by atoms with Gasteiger partial charge in [-0.15, -0.1) is 0 Å². The molecule has 4 nitrogen and oxygen atoms in total. The van der Waals surface area contributed by atoms with Crippen molar-refractivity contribution in [2.45, 2.75) is 0 Å². The number of rotatable bonds is 3. The Kier molecular flexibility index (Phi) is 5.22. The van der Waals surface area contributed by atoms with Crippen LogP contribution in [0.2, 0.25) is 0 Å². The average molecular weight is 535 g/mol. The molecule has 194 valence electrons. The maximum atomic E-state index is 9.65. The molecule has 0 aliphatic heterocycles. The predicted octanol–water partition coefficient (Wildman–Crippen LogP) is 9.97. The highest BCUT2D eigenvalue weighted by atomic mass is 15.1. The standard InChI is InChI=1S/C38H22N4/c1-40-27-11-8-10-26(23-27)28-12-2-5-16-33(28)42-35-18-7-3-13-29(35)31-15-9-19-37(38(31)42)41-34-17-6-4-14-30(34)32-22-25(24-39)20-21-36(32)41/h2-23H. The Labute approximate surface area is 242 Å². The maximum Gasteiger partial charge on any atom is 0.187 e. The van der Waals surface area contributed by atoms with E-state index in [1.54, 1.807) is 0 Å². The first-order valence-electron chi connectivity index (χ1n) is 13.8. The molecule has 8 rings (SSSR count). The van der Waals surface area contributed by atoms with E-state index in [4.69, 9.17) is 6.57 Å². The van der Waals surface area contributed by atoms with Gasteiger partial charge in [-0.3, -0.25) is 0 Å². The smallest absolute Gasteiger partial charge is 0.187 e. The Bertz CT molecular complexity index is 2440. The summed E-state index contributed by atoms with van der Waals surface area (Å²) in [4.78, 5) is 3.69. The number of aromatic nitrogens is 2. The molecule has 0 N–H and O–H groups in total. The Morgan fingerprint density at radius 3 is 2.00 bits per heavy atom. The number of para-hydroxylation sites is 4. The van der Waals surface area contributed by atoms with Gasteiger partial charge in [0.05, 0.1) is 51.6 Å². The summed E-state index contributed by atoms with van der Waals surface area (Å²) < 4.78 is 4.69. The summed E-state index contributed by atoms with van der Waals surface area (Å²) in [6, 6.07) is 47.9. The molecule has 0 amide bonds. The van der Waals surface area contributed by atoms with Gasteiger partial charge in [0.1, 0.15) is 0 Å². The predicted molar refractivity (Wildman–Crippen MR) is 172 cm³/mol. The van der Waals surface area contributed by atoms with Crippen molar-refractivity contribution in [3.8, 4) is 28.6 Å². The van der Waals surface area contributed by atoms with Crippen LogP contribution in [-0.4, -0.2) is 9.13 Å². The molecule has 4 heteroatoms. The van der Waals surface area contributed by atoms with Gasteiger partial charge in [0.25, 0.3) is 0 Å². The Morgan fingerprint density at radius 1 is 0.548 bits per heavy atom. The fourth-order valence-electron chi connectivity index (χ4n) is 6.39. The third kappa shape index (κ3) is 3.40. The summed E-state index contributed by atoms with van der Waals surface area (Å²) in [5, 5.41) is 14.2. The zero-order valence-electron chi connectivity index (χ0n) is 22.5. The molecule has 0 radical (unpaired) electrons. The number of benzene rings is 6. The fraction of sp³-hybridized carbons (Fsp3) is 0. The van der Waals surface area contributed by atoms with E-state index in [-0.39, 0.29) is 0 Å². The van der Waals surface area contributed by atoms with Gasteiger partial charge in [-0.25, -0.2) is 4.85 Å². The van der Waals surface area contributed by atoms with E-state index in [0.717, 1.165) is 60.7 Å². The number of nitrogens with zero attached hydrogens (tertiary/aromatic N) is 4. The molecule has 2 heterocycles. The van der Waals surface area contributed by atoms with Gasteiger partial charge in [-0.2, -0.15) is 5.26 Å². The summed E-state index contributed by atoms with van der Waals surface area (Å²) in [5.41, 5.74) is 9.78. The average Bonchev–Trinajstić information content (AvgIpc) is 3.57. The quantitative estimate of drug-likeness (QED) is 0.208. The van der Waals surface area contributed by atoms with Crippen molar-refractivity contribution in [3.05, 3.63) is 150 Å². The Morgan fingerprint density at radius 2 is 1.19 bits per heavy atom. The van der Waals surface area contributed by atoms with E-state index in [9.17, 15) is 5.26 Å². The van der Waals surface area contributed by atoms with Crippen molar-refractivity contribution >= 4 is 49.3 Å². The first kappa shape index (κ1) is 23.8. The lowest BCUT2D eigenvalue weighted by Gasteiger charge is -2.17. The topological polar surface area (TPSA) is 38.0 Å². The molecule has 0 spiro atoms. The monoisotopic (exact) mass is 534 g/mol. The highest BCUT2D eigenvalue weighted by Crippen LogP contribution is 2.41. The van der Waals surface area contributed by atoms with Crippen molar-refractivity contribution in [1.82, 2.24) is 9.13 Å². The normalized spacial score (nSPS) is 11.3. The lowest BCUT2D eigenvalue weighted by Crippen LogP contribution is -2.02. The van der Waals surface area contributed by atoms with Gasteiger partial charge in [-0.1, -0.05) is 84.9 Å². The molecule has 0 saturated carbocycles. The van der Waals surface area contributed by atoms with Crippen LogP contribution in [0.1, 0.15) is 5.56 Å². The second kappa shape index (κ2) is 9.24. The summed E-state index contributed by atoms with van der Waals surface area (Å²) in [5.74, 6) is 0. The fourth-order valence-corrected chi connectivity index (χ4v) is 6.39. The second-order valence-electron chi connectivity index (χ2n) is 10.4. The molecule has 0 atom stereocenters. The van der Waals surface area contributed by atoms with Gasteiger partial charge in [-0.05, 0) is 54.1 Å². The van der Waals surface area contributed by atoms with Crippen LogP contribution in [0, 0.1) is 17.9 Å². The third-order valence-electron chi connectivity index (χ3n) is 8.15. The van der Waals surface area contributed by atoms with Crippen molar-refractivity contribution in [1.29, 1.82) is 5.26 Å². The summed E-state index contributed by atoms with van der Waals surface area (Å²) in [6.07, 6.45) is 0. The van der Waals surface area contributed by atoms with E-state index in [1.165, 1.54) is 5.39 Å². The molecular weight excluding hydrogens is 512 g/mol. The molecule has 0 aliphatic carbocycles. The SMILES string of the molecule is [C-]#[N+]c1cccc(-c2ccccc2-n2c3ccccc3c3cccc(-n4c5ccccc5c5cc(C#N)ccc54)c32)c1. The molecule has 2 aromatic heterocycles. The minimum atomic E-state index is 0.618. The summed E-state index contributed by atoms with van der Waals surface area (Å²) >= 11 is 0. The minimum Gasteiger partial charge on any atom is -0.307 e. The number of fused-ring (bicyclic) bond motifs is 6. The molecule has 42 heavy (non-hydrogen) atoms. The van der Waals surface area contributed by atoms with Crippen molar-refractivity contribution < 1.29 is 0 Å². The van der Waals surface area contributed by atoms with Crippen molar-refractivity contribution in [3.63, 3.8) is 0 Å². The lowest BCUT2D eigenvalue weighted by atomic mass is 10.0. The first-order valence-corrected chi connectivity index (χ1v) is 13.8. The van der Waals surface area contributed by atoms with E-state index in [1.807, 2.05) is 30.3 Å². The van der Waals surface area contributed by atoms with E-state index in [0.29, 0.717) is 11.3 Å². The zero-order valence-corrected chi connectivity index (χ0v) is 22.5. The van der Waals surface area contributed by atoms with Gasteiger partial charge < -0.3 is 9.13 Å². The molecular formula is C38H22N4. The Balaban J connectivity index is 1.54. The van der Waals surface area contributed by atoms with E-state index in [2.05, 4.69) is 123 Å². The second-order valence-corrected chi connectivity index (χ2v) is 10.4. The van der Waals surface area contributed by atoms with Gasteiger partial charge in [0, 0.05) is 27.1 Å². The Hall–Kier alpha value is -6.10. The van der Waals surface area contributed by atoms with Crippen molar-refractivity contribution in [2.24, 2.45) is 0 Å². The van der Waals surface area contributed by atoms with Crippen LogP contribution < -0.4 is 0 Å².